The first-order valence-corrected chi connectivity index (χ1v) is 7.73. The molecule has 0 spiro atoms. The molecule has 0 aliphatic carbocycles. The summed E-state index contributed by atoms with van der Waals surface area (Å²) in [5.74, 6) is 0.330. The molecule has 0 unspecified atom stereocenters. The van der Waals surface area contributed by atoms with Crippen LogP contribution in [0.2, 0.25) is 0 Å². The van der Waals surface area contributed by atoms with E-state index in [9.17, 15) is 9.59 Å². The van der Waals surface area contributed by atoms with E-state index in [0.717, 1.165) is 11.1 Å². The molecule has 3 N–H and O–H groups in total. The number of benzene rings is 1. The highest BCUT2D eigenvalue weighted by Crippen LogP contribution is 2.24. The lowest BCUT2D eigenvalue weighted by atomic mass is 9.99. The summed E-state index contributed by atoms with van der Waals surface area (Å²) in [5.41, 5.74) is 3.10. The van der Waals surface area contributed by atoms with Crippen molar-refractivity contribution in [2.75, 3.05) is 24.3 Å². The van der Waals surface area contributed by atoms with Gasteiger partial charge in [-0.05, 0) is 41.8 Å². The van der Waals surface area contributed by atoms with E-state index in [1.165, 1.54) is 12.0 Å². The SMILES string of the molecule is COc1ncccc1NC(=O)Nc1ccc2c(c1)CCN(C(=O)O)C2. The number of nitrogens with one attached hydrogen (secondary N) is 2. The Hall–Kier alpha value is -3.29. The fraction of sp³-hybridized carbons (Fsp3) is 0.235. The van der Waals surface area contributed by atoms with Crippen molar-refractivity contribution in [3.8, 4) is 5.88 Å². The number of hydrogen-bond donors (Lipinski definition) is 3. The average molecular weight is 342 g/mol. The summed E-state index contributed by atoms with van der Waals surface area (Å²) in [6.45, 7) is 0.814. The zero-order chi connectivity index (χ0) is 17.8. The first-order valence-electron chi connectivity index (χ1n) is 7.73. The van der Waals surface area contributed by atoms with E-state index in [2.05, 4.69) is 15.6 Å². The first kappa shape index (κ1) is 16.6. The molecule has 3 rings (SSSR count). The molecule has 0 bridgehead atoms. The van der Waals surface area contributed by atoms with Gasteiger partial charge in [0.1, 0.15) is 5.69 Å². The highest BCUT2D eigenvalue weighted by atomic mass is 16.5. The lowest BCUT2D eigenvalue weighted by Crippen LogP contribution is -2.34. The topological polar surface area (TPSA) is 104 Å². The third-order valence-electron chi connectivity index (χ3n) is 3.96. The molecular weight excluding hydrogens is 324 g/mol. The Morgan fingerprint density at radius 2 is 2.08 bits per heavy atom. The van der Waals surface area contributed by atoms with Gasteiger partial charge < -0.3 is 25.4 Å². The lowest BCUT2D eigenvalue weighted by molar-refractivity contribution is 0.140. The molecule has 2 heterocycles. The number of hydrogen-bond acceptors (Lipinski definition) is 4. The monoisotopic (exact) mass is 342 g/mol. The van der Waals surface area contributed by atoms with Crippen molar-refractivity contribution in [2.24, 2.45) is 0 Å². The van der Waals surface area contributed by atoms with E-state index in [1.807, 2.05) is 12.1 Å². The molecule has 0 saturated heterocycles. The van der Waals surface area contributed by atoms with Gasteiger partial charge >= 0.3 is 12.1 Å². The van der Waals surface area contributed by atoms with Crippen LogP contribution in [0.3, 0.4) is 0 Å². The molecule has 3 amide bonds. The summed E-state index contributed by atoms with van der Waals surface area (Å²) in [4.78, 5) is 28.6. The van der Waals surface area contributed by atoms with Gasteiger partial charge in [-0.2, -0.15) is 0 Å². The van der Waals surface area contributed by atoms with Gasteiger partial charge in [0.15, 0.2) is 0 Å². The zero-order valence-corrected chi connectivity index (χ0v) is 13.7. The maximum Gasteiger partial charge on any atom is 0.407 e. The van der Waals surface area contributed by atoms with Gasteiger partial charge in [0.25, 0.3) is 0 Å². The van der Waals surface area contributed by atoms with Crippen molar-refractivity contribution in [3.63, 3.8) is 0 Å². The molecule has 1 aliphatic heterocycles. The predicted octanol–water partition coefficient (Wildman–Crippen LogP) is 2.77. The Morgan fingerprint density at radius 1 is 1.24 bits per heavy atom. The van der Waals surface area contributed by atoms with Crippen molar-refractivity contribution < 1.29 is 19.4 Å². The number of rotatable bonds is 3. The van der Waals surface area contributed by atoms with Crippen LogP contribution in [-0.2, 0) is 13.0 Å². The van der Waals surface area contributed by atoms with Crippen LogP contribution in [-0.4, -0.2) is 40.8 Å². The van der Waals surface area contributed by atoms with Gasteiger partial charge in [0, 0.05) is 25.0 Å². The molecule has 25 heavy (non-hydrogen) atoms. The lowest BCUT2D eigenvalue weighted by Gasteiger charge is -2.26. The molecule has 0 fully saturated rings. The van der Waals surface area contributed by atoms with Gasteiger partial charge in [-0.3, -0.25) is 0 Å². The number of anilines is 2. The van der Waals surface area contributed by atoms with Crippen LogP contribution >= 0.6 is 0 Å². The number of nitrogens with zero attached hydrogens (tertiary/aromatic N) is 2. The second-order valence-corrected chi connectivity index (χ2v) is 5.58. The van der Waals surface area contributed by atoms with E-state index in [0.29, 0.717) is 36.8 Å². The normalized spacial score (nSPS) is 12.9. The Balaban J connectivity index is 1.67. The third-order valence-corrected chi connectivity index (χ3v) is 3.96. The van der Waals surface area contributed by atoms with Crippen molar-refractivity contribution in [1.29, 1.82) is 0 Å². The number of fused-ring (bicyclic) bond motifs is 1. The highest BCUT2D eigenvalue weighted by molar-refractivity contribution is 6.00. The minimum absolute atomic E-state index is 0.330. The minimum Gasteiger partial charge on any atom is -0.480 e. The smallest absolute Gasteiger partial charge is 0.407 e. The molecule has 1 aromatic carbocycles. The van der Waals surface area contributed by atoms with Gasteiger partial charge in [-0.25, -0.2) is 14.6 Å². The Labute approximate surface area is 144 Å². The second-order valence-electron chi connectivity index (χ2n) is 5.58. The fourth-order valence-electron chi connectivity index (χ4n) is 2.73. The van der Waals surface area contributed by atoms with Crippen LogP contribution in [0.1, 0.15) is 11.1 Å². The maximum atomic E-state index is 12.2. The molecule has 1 aliphatic rings. The molecule has 0 saturated carbocycles. The van der Waals surface area contributed by atoms with E-state index in [-0.39, 0.29) is 0 Å². The standard InChI is InChI=1S/C17H18N4O4/c1-25-15-14(3-2-7-18-15)20-16(22)19-13-5-4-12-10-21(17(23)24)8-6-11(12)9-13/h2-5,7,9H,6,8,10H2,1H3,(H,23,24)(H2,19,20,22). The molecule has 2 aromatic rings. The molecule has 8 heteroatoms. The van der Waals surface area contributed by atoms with E-state index in [4.69, 9.17) is 9.84 Å². The molecule has 0 atom stereocenters. The van der Waals surface area contributed by atoms with Crippen LogP contribution in [0.4, 0.5) is 21.0 Å². The predicted molar refractivity (Wildman–Crippen MR) is 92.0 cm³/mol. The van der Waals surface area contributed by atoms with Gasteiger partial charge in [0.2, 0.25) is 5.88 Å². The van der Waals surface area contributed by atoms with Crippen molar-refractivity contribution in [3.05, 3.63) is 47.7 Å². The largest absolute Gasteiger partial charge is 0.480 e. The number of amides is 3. The fourth-order valence-corrected chi connectivity index (χ4v) is 2.73. The van der Waals surface area contributed by atoms with E-state index >= 15 is 0 Å². The molecule has 0 radical (unpaired) electrons. The van der Waals surface area contributed by atoms with Gasteiger partial charge in [-0.1, -0.05) is 6.07 Å². The second kappa shape index (κ2) is 7.08. The third kappa shape index (κ3) is 3.79. The van der Waals surface area contributed by atoms with Crippen LogP contribution < -0.4 is 15.4 Å². The van der Waals surface area contributed by atoms with Crippen LogP contribution in [0.15, 0.2) is 36.5 Å². The minimum atomic E-state index is -0.919. The number of carbonyl (C=O) groups excluding carboxylic acids is 1. The number of urea groups is 1. The van der Waals surface area contributed by atoms with Crippen molar-refractivity contribution in [1.82, 2.24) is 9.88 Å². The van der Waals surface area contributed by atoms with Crippen LogP contribution in [0, 0.1) is 0 Å². The van der Waals surface area contributed by atoms with Crippen molar-refractivity contribution >= 4 is 23.5 Å². The van der Waals surface area contributed by atoms with Gasteiger partial charge in [-0.15, -0.1) is 0 Å². The van der Waals surface area contributed by atoms with Crippen molar-refractivity contribution in [2.45, 2.75) is 13.0 Å². The Kier molecular flexibility index (Phi) is 4.69. The number of ether oxygens (including phenoxy) is 1. The molecule has 130 valence electrons. The zero-order valence-electron chi connectivity index (χ0n) is 13.7. The average Bonchev–Trinajstić information content (AvgIpc) is 2.61. The quantitative estimate of drug-likeness (QED) is 0.796. The summed E-state index contributed by atoms with van der Waals surface area (Å²) in [6.07, 6.45) is 1.28. The summed E-state index contributed by atoms with van der Waals surface area (Å²) in [6, 6.07) is 8.45. The van der Waals surface area contributed by atoms with Crippen LogP contribution in [0.5, 0.6) is 5.88 Å². The molecule has 1 aromatic heterocycles. The Bertz CT molecular complexity index is 809. The summed E-state index contributed by atoms with van der Waals surface area (Å²) >= 11 is 0. The summed E-state index contributed by atoms with van der Waals surface area (Å²) < 4.78 is 5.09. The van der Waals surface area contributed by atoms with Crippen LogP contribution in [0.25, 0.3) is 0 Å². The number of methoxy groups -OCH3 is 1. The maximum absolute atomic E-state index is 12.2. The highest BCUT2D eigenvalue weighted by Gasteiger charge is 2.20. The molecule has 8 nitrogen and oxygen atoms in total. The summed E-state index contributed by atoms with van der Waals surface area (Å²) in [7, 11) is 1.48. The first-order chi connectivity index (χ1) is 12.1. The van der Waals surface area contributed by atoms with Gasteiger partial charge in [0.05, 0.1) is 7.11 Å². The number of carboxylic acid groups (broad SMARTS) is 1. The number of aromatic nitrogens is 1. The van der Waals surface area contributed by atoms with E-state index in [1.54, 1.807) is 24.4 Å². The Morgan fingerprint density at radius 3 is 2.84 bits per heavy atom. The number of pyridine rings is 1. The number of carbonyl (C=O) groups is 2. The summed E-state index contributed by atoms with van der Waals surface area (Å²) in [5, 5.41) is 14.5. The van der Waals surface area contributed by atoms with E-state index < -0.39 is 12.1 Å². The molecular formula is C17H18N4O4.